The minimum absolute atomic E-state index is 0.112. The molecule has 0 aromatic heterocycles. The minimum Gasteiger partial charge on any atom is -0.506 e. The van der Waals surface area contributed by atoms with Crippen LogP contribution in [0.4, 0.5) is 5.69 Å². The SMILES string of the molecule is CN1C(=CC2=C(O)C(C=C3C=C(C(C)(C)C)OC(C(C)(C)C)=C3)=C2O)C(C)(C)c2ccccc21. The second kappa shape index (κ2) is 7.69. The normalized spacial score (nSPS) is 21.3. The van der Waals surface area contributed by atoms with Crippen LogP contribution in [0.2, 0.25) is 0 Å². The third-order valence-electron chi connectivity index (χ3n) is 6.85. The number of benzene rings is 1. The summed E-state index contributed by atoms with van der Waals surface area (Å²) >= 11 is 0. The Balaban J connectivity index is 1.71. The van der Waals surface area contributed by atoms with Gasteiger partial charge in [-0.1, -0.05) is 73.6 Å². The van der Waals surface area contributed by atoms with E-state index in [1.807, 2.05) is 43.5 Å². The lowest BCUT2D eigenvalue weighted by atomic mass is 9.81. The highest BCUT2D eigenvalue weighted by Gasteiger charge is 2.40. The van der Waals surface area contributed by atoms with E-state index in [1.165, 1.54) is 5.56 Å². The van der Waals surface area contributed by atoms with Crippen LogP contribution in [-0.4, -0.2) is 17.3 Å². The van der Waals surface area contributed by atoms with Crippen LogP contribution in [0.1, 0.15) is 61.0 Å². The summed E-state index contributed by atoms with van der Waals surface area (Å²) in [7, 11) is 2.03. The van der Waals surface area contributed by atoms with Gasteiger partial charge in [0.1, 0.15) is 23.0 Å². The Hall–Kier alpha value is -3.14. The maximum absolute atomic E-state index is 10.9. The molecule has 0 saturated heterocycles. The van der Waals surface area contributed by atoms with Gasteiger partial charge in [0, 0.05) is 34.7 Å². The zero-order valence-electron chi connectivity index (χ0n) is 21.9. The summed E-state index contributed by atoms with van der Waals surface area (Å²) < 4.78 is 6.22. The topological polar surface area (TPSA) is 52.9 Å². The van der Waals surface area contributed by atoms with Crippen LogP contribution in [0.5, 0.6) is 0 Å². The first-order valence-corrected chi connectivity index (χ1v) is 11.9. The van der Waals surface area contributed by atoms with Crippen molar-refractivity contribution in [3.05, 3.63) is 99.6 Å². The Morgan fingerprint density at radius 3 is 1.82 bits per heavy atom. The summed E-state index contributed by atoms with van der Waals surface area (Å²) in [6.07, 6.45) is 7.72. The molecule has 0 amide bonds. The number of anilines is 1. The molecule has 2 aliphatic heterocycles. The van der Waals surface area contributed by atoms with E-state index >= 15 is 0 Å². The predicted molar refractivity (Wildman–Crippen MR) is 140 cm³/mol. The van der Waals surface area contributed by atoms with E-state index in [9.17, 15) is 10.2 Å². The zero-order chi connectivity index (χ0) is 25.2. The average Bonchev–Trinajstić information content (AvgIpc) is 2.94. The molecular formula is C30H37NO3. The Morgan fingerprint density at radius 2 is 1.32 bits per heavy atom. The first-order chi connectivity index (χ1) is 15.6. The number of nitrogens with zero attached hydrogens (tertiary/aromatic N) is 1. The van der Waals surface area contributed by atoms with Gasteiger partial charge < -0.3 is 19.8 Å². The van der Waals surface area contributed by atoms with Crippen molar-refractivity contribution >= 4 is 5.69 Å². The van der Waals surface area contributed by atoms with Gasteiger partial charge in [-0.3, -0.25) is 0 Å². The van der Waals surface area contributed by atoms with Crippen LogP contribution in [0.15, 0.2) is 94.0 Å². The molecule has 180 valence electrons. The molecule has 4 heteroatoms. The number of fused-ring (bicyclic) bond motifs is 1. The second-order valence-corrected chi connectivity index (χ2v) is 12.0. The molecule has 4 rings (SSSR count). The van der Waals surface area contributed by atoms with Gasteiger partial charge in [-0.15, -0.1) is 0 Å². The van der Waals surface area contributed by atoms with Crippen LogP contribution in [0, 0.1) is 10.8 Å². The first-order valence-electron chi connectivity index (χ1n) is 11.9. The van der Waals surface area contributed by atoms with E-state index in [1.54, 1.807) is 0 Å². The van der Waals surface area contributed by atoms with Crippen LogP contribution in [0.25, 0.3) is 0 Å². The van der Waals surface area contributed by atoms with Crippen molar-refractivity contribution < 1.29 is 14.9 Å². The average molecular weight is 460 g/mol. The molecule has 34 heavy (non-hydrogen) atoms. The molecule has 0 fully saturated rings. The molecule has 2 N–H and O–H groups in total. The smallest absolute Gasteiger partial charge is 0.137 e. The summed E-state index contributed by atoms with van der Waals surface area (Å²) in [6, 6.07) is 8.31. The summed E-state index contributed by atoms with van der Waals surface area (Å²) in [5, 5.41) is 21.9. The van der Waals surface area contributed by atoms with Crippen molar-refractivity contribution in [3.8, 4) is 0 Å². The van der Waals surface area contributed by atoms with Gasteiger partial charge in [0.05, 0.1) is 11.1 Å². The van der Waals surface area contributed by atoms with E-state index in [0.717, 1.165) is 28.5 Å². The molecule has 0 unspecified atom stereocenters. The number of hydrogen-bond acceptors (Lipinski definition) is 4. The molecule has 1 aliphatic carbocycles. The number of aliphatic hydroxyl groups is 2. The second-order valence-electron chi connectivity index (χ2n) is 12.0. The van der Waals surface area contributed by atoms with Gasteiger partial charge in [-0.25, -0.2) is 0 Å². The standard InChI is InChI=1S/C30H37NO3/c1-28(2,3)24-15-18(16-25(34-24)29(4,5)6)14-19-26(32)20(27(19)33)17-23-30(7,8)21-12-10-11-13-22(21)31(23)9/h10-17,32-33H,1-9H3. The van der Waals surface area contributed by atoms with E-state index in [2.05, 4.69) is 72.4 Å². The van der Waals surface area contributed by atoms with E-state index < -0.39 is 0 Å². The number of aliphatic hydroxyl groups excluding tert-OH is 2. The fourth-order valence-corrected chi connectivity index (χ4v) is 4.63. The van der Waals surface area contributed by atoms with Gasteiger partial charge in [0.2, 0.25) is 0 Å². The molecule has 0 spiro atoms. The highest BCUT2D eigenvalue weighted by molar-refractivity contribution is 5.73. The van der Waals surface area contributed by atoms with Gasteiger partial charge in [-0.2, -0.15) is 0 Å². The molecule has 2 heterocycles. The maximum Gasteiger partial charge on any atom is 0.137 e. The van der Waals surface area contributed by atoms with Crippen LogP contribution in [-0.2, 0) is 10.2 Å². The zero-order valence-corrected chi connectivity index (χ0v) is 21.9. The molecular weight excluding hydrogens is 422 g/mol. The van der Waals surface area contributed by atoms with Gasteiger partial charge in [0.25, 0.3) is 0 Å². The predicted octanol–water partition coefficient (Wildman–Crippen LogP) is 7.75. The first kappa shape index (κ1) is 24.0. The summed E-state index contributed by atoms with van der Waals surface area (Å²) in [4.78, 5) is 2.13. The third kappa shape index (κ3) is 3.89. The molecule has 0 saturated carbocycles. The maximum atomic E-state index is 10.9. The number of ether oxygens (including phenoxy) is 1. The lowest BCUT2D eigenvalue weighted by molar-refractivity contribution is 0.161. The largest absolute Gasteiger partial charge is 0.506 e. The monoisotopic (exact) mass is 459 g/mol. The van der Waals surface area contributed by atoms with Crippen molar-refractivity contribution in [2.75, 3.05) is 11.9 Å². The van der Waals surface area contributed by atoms with Crippen LogP contribution < -0.4 is 4.90 Å². The van der Waals surface area contributed by atoms with Gasteiger partial charge in [-0.05, 0) is 41.5 Å². The van der Waals surface area contributed by atoms with Crippen molar-refractivity contribution in [1.29, 1.82) is 0 Å². The highest BCUT2D eigenvalue weighted by Crippen LogP contribution is 2.48. The van der Waals surface area contributed by atoms with E-state index in [-0.39, 0.29) is 27.8 Å². The quantitative estimate of drug-likeness (QED) is 0.475. The summed E-state index contributed by atoms with van der Waals surface area (Å²) in [5.41, 5.74) is 4.66. The summed E-state index contributed by atoms with van der Waals surface area (Å²) in [5.74, 6) is 1.95. The van der Waals surface area contributed by atoms with E-state index in [0.29, 0.717) is 11.1 Å². The lowest BCUT2D eigenvalue weighted by Crippen LogP contribution is -2.24. The van der Waals surface area contributed by atoms with Crippen molar-refractivity contribution in [1.82, 2.24) is 0 Å². The van der Waals surface area contributed by atoms with Crippen molar-refractivity contribution in [3.63, 3.8) is 0 Å². The fourth-order valence-electron chi connectivity index (χ4n) is 4.63. The van der Waals surface area contributed by atoms with Gasteiger partial charge in [0.15, 0.2) is 0 Å². The van der Waals surface area contributed by atoms with Crippen molar-refractivity contribution in [2.45, 2.75) is 60.8 Å². The lowest BCUT2D eigenvalue weighted by Gasteiger charge is -2.33. The fraction of sp³-hybridized carbons (Fsp3) is 0.400. The third-order valence-corrected chi connectivity index (χ3v) is 6.85. The number of hydrogen-bond donors (Lipinski definition) is 2. The van der Waals surface area contributed by atoms with Crippen molar-refractivity contribution in [2.24, 2.45) is 10.8 Å². The molecule has 0 radical (unpaired) electrons. The highest BCUT2D eigenvalue weighted by atomic mass is 16.5. The molecule has 0 atom stereocenters. The Labute approximate surface area is 203 Å². The van der Waals surface area contributed by atoms with Crippen LogP contribution >= 0.6 is 0 Å². The molecule has 3 aliphatic rings. The van der Waals surface area contributed by atoms with Gasteiger partial charge >= 0.3 is 0 Å². The molecule has 1 aromatic rings. The number of allylic oxidation sites excluding steroid dienone is 8. The van der Waals surface area contributed by atoms with Crippen LogP contribution in [0.3, 0.4) is 0 Å². The molecule has 0 bridgehead atoms. The summed E-state index contributed by atoms with van der Waals surface area (Å²) in [6.45, 7) is 17.0. The molecule has 1 aromatic carbocycles. The number of para-hydroxylation sites is 1. The Kier molecular flexibility index (Phi) is 5.43. The van der Waals surface area contributed by atoms with E-state index in [4.69, 9.17) is 4.74 Å². The number of likely N-dealkylation sites (N-methyl/N-ethyl adjacent to an activating group) is 1. The Morgan fingerprint density at radius 1 is 0.824 bits per heavy atom. The number of rotatable bonds is 2. The molecule has 4 nitrogen and oxygen atoms in total. The Bertz CT molecular complexity index is 1200. The minimum atomic E-state index is -0.234.